The van der Waals surface area contributed by atoms with Crippen molar-refractivity contribution in [2.75, 3.05) is 0 Å². The van der Waals surface area contributed by atoms with Crippen LogP contribution in [0.4, 0.5) is 0 Å². The quantitative estimate of drug-likeness (QED) is 0.405. The third-order valence-electron chi connectivity index (χ3n) is 8.03. The van der Waals surface area contributed by atoms with E-state index in [1.807, 2.05) is 25.3 Å². The van der Waals surface area contributed by atoms with Crippen LogP contribution >= 0.6 is 11.3 Å². The molecule has 0 saturated carbocycles. The van der Waals surface area contributed by atoms with Crippen LogP contribution in [0.15, 0.2) is 11.0 Å². The Labute approximate surface area is 218 Å². The molecule has 0 aromatic carbocycles. The molecule has 1 aromatic rings. The highest BCUT2D eigenvalue weighted by molar-refractivity contribution is 7.09. The van der Waals surface area contributed by atoms with Gasteiger partial charge in [0.15, 0.2) is 0 Å². The van der Waals surface area contributed by atoms with Crippen molar-refractivity contribution in [2.24, 2.45) is 23.0 Å². The lowest BCUT2D eigenvalue weighted by Crippen LogP contribution is -2.45. The Kier molecular flexibility index (Phi) is 9.15. The summed E-state index contributed by atoms with van der Waals surface area (Å²) in [6, 6.07) is 0. The third kappa shape index (κ3) is 6.61. The first-order valence-electron chi connectivity index (χ1n) is 12.9. The van der Waals surface area contributed by atoms with Gasteiger partial charge in [-0.15, -0.1) is 11.3 Å². The molecular formula is C27H42N2O6S. The number of rotatable bonds is 3. The van der Waals surface area contributed by atoms with Crippen molar-refractivity contribution in [3.8, 4) is 0 Å². The van der Waals surface area contributed by atoms with Crippen LogP contribution < -0.4 is 5.73 Å². The number of cyclic esters (lactones) is 1. The van der Waals surface area contributed by atoms with Crippen molar-refractivity contribution >= 4 is 29.2 Å². The number of aliphatic hydroxyl groups is 2. The van der Waals surface area contributed by atoms with Crippen LogP contribution in [0.1, 0.15) is 84.3 Å². The average molecular weight is 523 g/mol. The average Bonchev–Trinajstić information content (AvgIpc) is 3.23. The van der Waals surface area contributed by atoms with Crippen molar-refractivity contribution in [1.82, 2.24) is 4.98 Å². The number of hydrogen-bond donors (Lipinski definition) is 3. The number of thiazole rings is 1. The molecule has 8 nitrogen and oxygen atoms in total. The summed E-state index contributed by atoms with van der Waals surface area (Å²) in [6.45, 7) is 11.2. The molecule has 0 bridgehead atoms. The molecule has 2 fully saturated rings. The Balaban J connectivity index is 1.85. The number of hydrogen-bond acceptors (Lipinski definition) is 9. The predicted molar refractivity (Wildman–Crippen MR) is 139 cm³/mol. The first-order chi connectivity index (χ1) is 16.8. The number of nitrogens with two attached hydrogens (primary N) is 1. The van der Waals surface area contributed by atoms with Crippen LogP contribution in [0, 0.1) is 17.3 Å². The molecule has 0 amide bonds. The van der Waals surface area contributed by atoms with Gasteiger partial charge in [-0.25, -0.2) is 4.98 Å². The lowest BCUT2D eigenvalue weighted by molar-refractivity contribution is -0.154. The molecule has 7 atom stereocenters. The Morgan fingerprint density at radius 1 is 1.28 bits per heavy atom. The summed E-state index contributed by atoms with van der Waals surface area (Å²) in [7, 11) is 0. The number of ketones is 1. The van der Waals surface area contributed by atoms with Crippen molar-refractivity contribution in [1.29, 1.82) is 0 Å². The maximum absolute atomic E-state index is 13.2. The van der Waals surface area contributed by atoms with Gasteiger partial charge in [0.05, 0.1) is 41.4 Å². The molecule has 202 valence electrons. The SMILES string of the molecule is C/C(=C\c1csc(CN)n1)C1C[C@@H]2O[C@]2(C)CCCC(C)[C@H](O)[C@@H](C)C(=O)C(C)(C)[C@@H](O)CC(=O)O1. The molecule has 2 unspecified atom stereocenters. The fourth-order valence-electron chi connectivity index (χ4n) is 5.11. The molecule has 0 spiro atoms. The van der Waals surface area contributed by atoms with Crippen LogP contribution in [0.5, 0.6) is 0 Å². The van der Waals surface area contributed by atoms with Crippen LogP contribution in [0.2, 0.25) is 0 Å². The van der Waals surface area contributed by atoms with Gasteiger partial charge in [0.25, 0.3) is 0 Å². The zero-order valence-electron chi connectivity index (χ0n) is 22.3. The minimum absolute atomic E-state index is 0.0660. The topological polar surface area (TPSA) is 135 Å². The molecule has 1 aromatic heterocycles. The molecule has 3 heterocycles. The second-order valence-corrected chi connectivity index (χ2v) is 12.3. The van der Waals surface area contributed by atoms with Gasteiger partial charge in [0, 0.05) is 24.3 Å². The van der Waals surface area contributed by atoms with E-state index < -0.39 is 35.6 Å². The molecule has 2 saturated heterocycles. The van der Waals surface area contributed by atoms with Crippen molar-refractivity contribution in [3.63, 3.8) is 0 Å². The first kappa shape index (κ1) is 28.9. The van der Waals surface area contributed by atoms with Crippen LogP contribution in [-0.4, -0.2) is 57.0 Å². The first-order valence-corrected chi connectivity index (χ1v) is 13.8. The number of carbonyl (C=O) groups excluding carboxylic acids is 2. The van der Waals surface area contributed by atoms with E-state index in [-0.39, 0.29) is 29.8 Å². The summed E-state index contributed by atoms with van der Waals surface area (Å²) in [5, 5.41) is 24.5. The Morgan fingerprint density at radius 2 is 1.97 bits per heavy atom. The van der Waals surface area contributed by atoms with Gasteiger partial charge in [-0.2, -0.15) is 0 Å². The molecular weight excluding hydrogens is 480 g/mol. The molecule has 36 heavy (non-hydrogen) atoms. The van der Waals surface area contributed by atoms with Crippen LogP contribution in [0.25, 0.3) is 6.08 Å². The summed E-state index contributed by atoms with van der Waals surface area (Å²) in [5.41, 5.74) is 5.74. The third-order valence-corrected chi connectivity index (χ3v) is 8.92. The standard InChI is InChI=1S/C27H42N2O6S/c1-15-8-7-9-27(6)21(35-27)11-19(16(2)10-18-14-36-22(13-28)29-18)34-23(31)12-20(30)26(4,5)25(33)17(3)24(15)32/h10,14-15,17,19-21,24,30,32H,7-9,11-13,28H2,1-6H3/b16-10+/t15?,17-,19?,20+,21+,24+,27-/m1/s1. The molecule has 0 aliphatic carbocycles. The number of epoxide rings is 1. The Bertz CT molecular complexity index is 975. The number of fused-ring (bicyclic) bond motifs is 1. The zero-order valence-corrected chi connectivity index (χ0v) is 23.1. The van der Waals surface area contributed by atoms with Gasteiger partial charge in [-0.05, 0) is 44.3 Å². The van der Waals surface area contributed by atoms with Crippen molar-refractivity contribution < 1.29 is 29.3 Å². The molecule has 3 rings (SSSR count). The van der Waals surface area contributed by atoms with E-state index >= 15 is 0 Å². The zero-order chi connectivity index (χ0) is 26.8. The number of esters is 1. The summed E-state index contributed by atoms with van der Waals surface area (Å²) < 4.78 is 11.9. The smallest absolute Gasteiger partial charge is 0.309 e. The number of Topliss-reactive ketones (excluding diaryl/α,β-unsaturated/α-hetero) is 1. The minimum atomic E-state index is -1.24. The van der Waals surface area contributed by atoms with Gasteiger partial charge >= 0.3 is 5.97 Å². The lowest BCUT2D eigenvalue weighted by Gasteiger charge is -2.34. The highest BCUT2D eigenvalue weighted by Gasteiger charge is 2.53. The highest BCUT2D eigenvalue weighted by atomic mass is 32.1. The summed E-state index contributed by atoms with van der Waals surface area (Å²) in [5.74, 6) is -1.59. The summed E-state index contributed by atoms with van der Waals surface area (Å²) in [6.07, 6.45) is 1.80. The number of aliphatic hydroxyl groups excluding tert-OH is 2. The van der Waals surface area contributed by atoms with E-state index in [4.69, 9.17) is 15.2 Å². The maximum atomic E-state index is 13.2. The van der Waals surface area contributed by atoms with Gasteiger partial charge in [-0.3, -0.25) is 9.59 Å². The van der Waals surface area contributed by atoms with E-state index in [0.29, 0.717) is 13.0 Å². The van der Waals surface area contributed by atoms with E-state index in [1.54, 1.807) is 20.8 Å². The Hall–Kier alpha value is -1.65. The molecule has 2 aliphatic rings. The monoisotopic (exact) mass is 522 g/mol. The number of carbonyl (C=O) groups is 2. The molecule has 4 N–H and O–H groups in total. The highest BCUT2D eigenvalue weighted by Crippen LogP contribution is 2.45. The van der Waals surface area contributed by atoms with Crippen LogP contribution in [-0.2, 0) is 25.6 Å². The van der Waals surface area contributed by atoms with Crippen molar-refractivity contribution in [2.45, 2.75) is 110 Å². The lowest BCUT2D eigenvalue weighted by atomic mass is 9.73. The number of aromatic nitrogens is 1. The molecule has 9 heteroatoms. The largest absolute Gasteiger partial charge is 0.458 e. The summed E-state index contributed by atoms with van der Waals surface area (Å²) >= 11 is 1.48. The Morgan fingerprint density at radius 3 is 2.61 bits per heavy atom. The van der Waals surface area contributed by atoms with E-state index in [2.05, 4.69) is 11.9 Å². The van der Waals surface area contributed by atoms with Gasteiger partial charge in [0.1, 0.15) is 16.9 Å². The fraction of sp³-hybridized carbons (Fsp3) is 0.741. The van der Waals surface area contributed by atoms with Gasteiger partial charge in [0.2, 0.25) is 0 Å². The fourth-order valence-corrected chi connectivity index (χ4v) is 5.74. The second-order valence-electron chi connectivity index (χ2n) is 11.3. The number of nitrogens with zero attached hydrogens (tertiary/aromatic N) is 1. The predicted octanol–water partition coefficient (Wildman–Crippen LogP) is 3.63. The molecule has 0 radical (unpaired) electrons. The minimum Gasteiger partial charge on any atom is -0.458 e. The van der Waals surface area contributed by atoms with E-state index in [0.717, 1.165) is 35.5 Å². The normalized spacial score (nSPS) is 36.8. The van der Waals surface area contributed by atoms with Crippen LogP contribution in [0.3, 0.4) is 0 Å². The van der Waals surface area contributed by atoms with E-state index in [1.165, 1.54) is 11.3 Å². The summed E-state index contributed by atoms with van der Waals surface area (Å²) in [4.78, 5) is 30.7. The number of ether oxygens (including phenoxy) is 2. The maximum Gasteiger partial charge on any atom is 0.309 e. The van der Waals surface area contributed by atoms with Crippen molar-refractivity contribution in [3.05, 3.63) is 21.7 Å². The van der Waals surface area contributed by atoms with Gasteiger partial charge in [-0.1, -0.05) is 34.1 Å². The van der Waals surface area contributed by atoms with E-state index in [9.17, 15) is 19.8 Å². The second kappa shape index (κ2) is 11.4. The molecule has 2 aliphatic heterocycles. The van der Waals surface area contributed by atoms with Gasteiger partial charge < -0.3 is 25.4 Å².